The first-order chi connectivity index (χ1) is 5.73. The molecular formula is C8H12Cl3Pt. The van der Waals surface area contributed by atoms with Crippen LogP contribution in [0.1, 0.15) is 25.7 Å². The Morgan fingerprint density at radius 3 is 1.50 bits per heavy atom. The van der Waals surface area contributed by atoms with E-state index in [1.54, 1.807) is 0 Å². The standard InChI is InChI=1S/C8H12.3ClH.Pt/c1-2-4-6-8-7-5-3-1;;;;/h1-4H,5-8H2;3*1H;/q;;;;+3/p-3. The first-order valence-corrected chi connectivity index (χ1v) is 12.1. The molecule has 0 fully saturated rings. The van der Waals surface area contributed by atoms with Crippen molar-refractivity contribution in [3.05, 3.63) is 24.3 Å². The summed E-state index contributed by atoms with van der Waals surface area (Å²) in [6.45, 7) is 0. The predicted octanol–water partition coefficient (Wildman–Crippen LogP) is 4.74. The zero-order valence-corrected chi connectivity index (χ0v) is 11.1. The summed E-state index contributed by atoms with van der Waals surface area (Å²) >= 11 is -1.85. The van der Waals surface area contributed by atoms with Gasteiger partial charge in [-0.1, -0.05) is 24.3 Å². The van der Waals surface area contributed by atoms with Crippen LogP contribution in [0.15, 0.2) is 24.3 Å². The predicted molar refractivity (Wildman–Crippen MR) is 54.3 cm³/mol. The van der Waals surface area contributed by atoms with E-state index in [0.29, 0.717) is 0 Å². The minimum absolute atomic E-state index is 1.27. The van der Waals surface area contributed by atoms with E-state index in [2.05, 4.69) is 24.3 Å². The van der Waals surface area contributed by atoms with Crippen molar-refractivity contribution in [2.24, 2.45) is 0 Å². The van der Waals surface area contributed by atoms with Crippen LogP contribution in [0.3, 0.4) is 0 Å². The van der Waals surface area contributed by atoms with E-state index in [1.165, 1.54) is 25.7 Å². The van der Waals surface area contributed by atoms with Crippen LogP contribution in [0.25, 0.3) is 0 Å². The Kier molecular flexibility index (Phi) is 11.0. The van der Waals surface area contributed by atoms with E-state index in [1.807, 2.05) is 0 Å². The topological polar surface area (TPSA) is 0 Å². The van der Waals surface area contributed by atoms with Gasteiger partial charge >= 0.3 is 42.4 Å². The maximum absolute atomic E-state index is 4.96. The van der Waals surface area contributed by atoms with Crippen LogP contribution in [0.5, 0.6) is 0 Å². The minimum atomic E-state index is -1.85. The second-order valence-corrected chi connectivity index (χ2v) is 12.1. The summed E-state index contributed by atoms with van der Waals surface area (Å²) in [4.78, 5) is 0. The van der Waals surface area contributed by atoms with E-state index in [-0.39, 0.29) is 0 Å². The van der Waals surface area contributed by atoms with Crippen molar-refractivity contribution < 1.29 is 14.2 Å². The molecule has 0 saturated carbocycles. The Morgan fingerprint density at radius 2 is 1.17 bits per heavy atom. The van der Waals surface area contributed by atoms with Gasteiger partial charge in [-0.25, -0.2) is 0 Å². The van der Waals surface area contributed by atoms with E-state index in [9.17, 15) is 0 Å². The van der Waals surface area contributed by atoms with Crippen LogP contribution < -0.4 is 0 Å². The van der Waals surface area contributed by atoms with Crippen LogP contribution in [0.4, 0.5) is 0 Å². The Balaban J connectivity index is 0.000000261. The van der Waals surface area contributed by atoms with Crippen LogP contribution in [0.2, 0.25) is 0 Å². The molecule has 0 N–H and O–H groups in total. The number of rotatable bonds is 0. The van der Waals surface area contributed by atoms with Gasteiger partial charge < -0.3 is 0 Å². The SMILES string of the molecule is C1=CCCCCC=C1.[Cl][Pt]([Cl])[Cl]. The summed E-state index contributed by atoms with van der Waals surface area (Å²) in [7, 11) is 14.9. The summed E-state index contributed by atoms with van der Waals surface area (Å²) in [5, 5.41) is 0. The first-order valence-electron chi connectivity index (χ1n) is 3.68. The van der Waals surface area contributed by atoms with E-state index < -0.39 is 14.2 Å². The first kappa shape index (κ1) is 13.0. The maximum atomic E-state index is 4.96. The molecule has 1 rings (SSSR count). The molecule has 0 aromatic heterocycles. The second kappa shape index (κ2) is 10.1. The summed E-state index contributed by atoms with van der Waals surface area (Å²) < 4.78 is 0. The molecule has 0 bridgehead atoms. The van der Waals surface area contributed by atoms with E-state index in [4.69, 9.17) is 28.3 Å². The van der Waals surface area contributed by atoms with Crippen molar-refractivity contribution in [1.82, 2.24) is 0 Å². The summed E-state index contributed by atoms with van der Waals surface area (Å²) in [5.74, 6) is 0. The van der Waals surface area contributed by atoms with Gasteiger partial charge in [0, 0.05) is 0 Å². The molecule has 1 aliphatic rings. The molecule has 0 radical (unpaired) electrons. The number of hydrogen-bond donors (Lipinski definition) is 0. The summed E-state index contributed by atoms with van der Waals surface area (Å²) in [6, 6.07) is 0. The van der Waals surface area contributed by atoms with Crippen LogP contribution in [-0.2, 0) is 14.2 Å². The molecule has 0 saturated heterocycles. The molecule has 12 heavy (non-hydrogen) atoms. The number of hydrogen-bond acceptors (Lipinski definition) is 0. The second-order valence-electron chi connectivity index (χ2n) is 2.28. The van der Waals surface area contributed by atoms with Gasteiger partial charge in [0.1, 0.15) is 0 Å². The Morgan fingerprint density at radius 1 is 0.833 bits per heavy atom. The quantitative estimate of drug-likeness (QED) is 0.542. The van der Waals surface area contributed by atoms with Gasteiger partial charge in [0.15, 0.2) is 0 Å². The molecule has 0 amide bonds. The van der Waals surface area contributed by atoms with Gasteiger partial charge in [0.05, 0.1) is 0 Å². The van der Waals surface area contributed by atoms with Gasteiger partial charge in [-0.15, -0.1) is 0 Å². The fourth-order valence-electron chi connectivity index (χ4n) is 0.874. The van der Waals surface area contributed by atoms with E-state index in [0.717, 1.165) is 0 Å². The molecule has 4 heteroatoms. The van der Waals surface area contributed by atoms with Crippen molar-refractivity contribution >= 4 is 28.3 Å². The molecule has 0 spiro atoms. The van der Waals surface area contributed by atoms with Crippen LogP contribution in [-0.4, -0.2) is 0 Å². The molecule has 0 aromatic rings. The molecule has 0 unspecified atom stereocenters. The van der Waals surface area contributed by atoms with Crippen molar-refractivity contribution in [3.63, 3.8) is 0 Å². The number of halogens is 3. The van der Waals surface area contributed by atoms with Crippen molar-refractivity contribution in [2.75, 3.05) is 0 Å². The Bertz CT molecular complexity index is 126. The fraction of sp³-hybridized carbons (Fsp3) is 0.500. The molecule has 0 nitrogen and oxygen atoms in total. The van der Waals surface area contributed by atoms with Gasteiger partial charge in [-0.2, -0.15) is 0 Å². The van der Waals surface area contributed by atoms with E-state index >= 15 is 0 Å². The van der Waals surface area contributed by atoms with Crippen LogP contribution >= 0.6 is 28.3 Å². The van der Waals surface area contributed by atoms with Crippen LogP contribution in [0, 0.1) is 0 Å². The van der Waals surface area contributed by atoms with Crippen molar-refractivity contribution in [3.8, 4) is 0 Å². The van der Waals surface area contributed by atoms with Crippen molar-refractivity contribution in [2.45, 2.75) is 25.7 Å². The third-order valence-electron chi connectivity index (χ3n) is 1.37. The normalized spacial score (nSPS) is 17.1. The molecule has 0 aromatic carbocycles. The molecule has 75 valence electrons. The van der Waals surface area contributed by atoms with Gasteiger partial charge in [-0.3, -0.25) is 0 Å². The Hall–Kier alpha value is 1.04. The van der Waals surface area contributed by atoms with Gasteiger partial charge in [0.25, 0.3) is 0 Å². The zero-order chi connectivity index (χ0) is 9.23. The average molecular weight is 410 g/mol. The molecule has 0 heterocycles. The molecule has 1 aliphatic carbocycles. The van der Waals surface area contributed by atoms with Crippen molar-refractivity contribution in [1.29, 1.82) is 0 Å². The average Bonchev–Trinajstić information content (AvgIpc) is 1.82. The fourth-order valence-corrected chi connectivity index (χ4v) is 0.874. The third kappa shape index (κ3) is 13.6. The zero-order valence-electron chi connectivity index (χ0n) is 6.59. The molecular weight excluding hydrogens is 398 g/mol. The molecule has 0 aliphatic heterocycles. The Labute approximate surface area is 91.9 Å². The third-order valence-corrected chi connectivity index (χ3v) is 1.37. The monoisotopic (exact) mass is 408 g/mol. The molecule has 0 atom stereocenters. The summed E-state index contributed by atoms with van der Waals surface area (Å²) in [5.41, 5.74) is 0. The van der Waals surface area contributed by atoms with Gasteiger partial charge in [-0.05, 0) is 25.7 Å². The number of allylic oxidation sites excluding steroid dienone is 4. The summed E-state index contributed by atoms with van der Waals surface area (Å²) in [6.07, 6.45) is 14.0. The van der Waals surface area contributed by atoms with Gasteiger partial charge in [0.2, 0.25) is 0 Å².